The first-order chi connectivity index (χ1) is 11.1. The topological polar surface area (TPSA) is 89.5 Å². The summed E-state index contributed by atoms with van der Waals surface area (Å²) in [4.78, 5) is 21.7. The molecule has 0 radical (unpaired) electrons. The van der Waals surface area contributed by atoms with Crippen molar-refractivity contribution in [3.05, 3.63) is 51.2 Å². The minimum atomic E-state index is -0.0293. The summed E-state index contributed by atoms with van der Waals surface area (Å²) in [5, 5.41) is 19.5. The highest BCUT2D eigenvalue weighted by atomic mass is 16.3. The Morgan fingerprint density at radius 2 is 2.17 bits per heavy atom. The highest BCUT2D eigenvalue weighted by Gasteiger charge is 2.21. The van der Waals surface area contributed by atoms with Crippen LogP contribution in [0.25, 0.3) is 0 Å². The predicted octanol–water partition coefficient (Wildman–Crippen LogP) is 1.69. The fraction of sp³-hybridized carbons (Fsp3) is 0.412. The van der Waals surface area contributed by atoms with Crippen LogP contribution in [0.3, 0.4) is 0 Å². The molecule has 1 aliphatic heterocycles. The molecule has 1 aromatic carbocycles. The van der Waals surface area contributed by atoms with Gasteiger partial charge in [-0.3, -0.25) is 9.69 Å². The SMILES string of the molecule is CCCc1nc2c(c(=O)[nH]1)CCN(Cc1cc(O)ccc1O)C2. The fourth-order valence-electron chi connectivity index (χ4n) is 2.97. The molecule has 3 N–H and O–H groups in total. The lowest BCUT2D eigenvalue weighted by Gasteiger charge is -2.28. The van der Waals surface area contributed by atoms with E-state index in [2.05, 4.69) is 21.8 Å². The minimum Gasteiger partial charge on any atom is -0.508 e. The van der Waals surface area contributed by atoms with Gasteiger partial charge in [-0.1, -0.05) is 6.92 Å². The molecule has 2 aromatic rings. The van der Waals surface area contributed by atoms with Gasteiger partial charge in [0.1, 0.15) is 17.3 Å². The molecule has 0 saturated heterocycles. The first kappa shape index (κ1) is 15.6. The number of H-pyrrole nitrogens is 1. The third kappa shape index (κ3) is 3.37. The van der Waals surface area contributed by atoms with Crippen LogP contribution in [0.15, 0.2) is 23.0 Å². The van der Waals surface area contributed by atoms with Crippen LogP contribution >= 0.6 is 0 Å². The number of nitrogens with one attached hydrogen (secondary N) is 1. The second kappa shape index (κ2) is 6.42. The lowest BCUT2D eigenvalue weighted by molar-refractivity contribution is 0.236. The molecule has 0 fully saturated rings. The van der Waals surface area contributed by atoms with Crippen LogP contribution in [0.5, 0.6) is 11.5 Å². The van der Waals surface area contributed by atoms with E-state index in [1.807, 2.05) is 0 Å². The third-order valence-electron chi connectivity index (χ3n) is 4.15. The first-order valence-corrected chi connectivity index (χ1v) is 7.91. The van der Waals surface area contributed by atoms with Gasteiger partial charge in [0.25, 0.3) is 5.56 Å². The largest absolute Gasteiger partial charge is 0.508 e. The summed E-state index contributed by atoms with van der Waals surface area (Å²) in [6, 6.07) is 4.52. The van der Waals surface area contributed by atoms with Gasteiger partial charge in [-0.05, 0) is 31.0 Å². The van der Waals surface area contributed by atoms with Crippen LogP contribution in [0.1, 0.15) is 36.0 Å². The van der Waals surface area contributed by atoms with Crippen LogP contribution < -0.4 is 5.56 Å². The second-order valence-electron chi connectivity index (χ2n) is 5.96. The monoisotopic (exact) mass is 315 g/mol. The number of aromatic amines is 1. The van der Waals surface area contributed by atoms with E-state index in [4.69, 9.17) is 0 Å². The Labute approximate surface area is 134 Å². The molecule has 0 atom stereocenters. The van der Waals surface area contributed by atoms with Crippen molar-refractivity contribution in [2.24, 2.45) is 0 Å². The predicted molar refractivity (Wildman–Crippen MR) is 86.4 cm³/mol. The van der Waals surface area contributed by atoms with Gasteiger partial charge < -0.3 is 15.2 Å². The van der Waals surface area contributed by atoms with E-state index in [1.54, 1.807) is 6.07 Å². The summed E-state index contributed by atoms with van der Waals surface area (Å²) in [6.45, 7) is 3.86. The molecule has 6 heteroatoms. The third-order valence-corrected chi connectivity index (χ3v) is 4.15. The van der Waals surface area contributed by atoms with Crippen LogP contribution in [0.4, 0.5) is 0 Å². The number of fused-ring (bicyclic) bond motifs is 1. The van der Waals surface area contributed by atoms with E-state index < -0.39 is 0 Å². The Hall–Kier alpha value is -2.34. The lowest BCUT2D eigenvalue weighted by Crippen LogP contribution is -2.35. The molecule has 2 heterocycles. The quantitative estimate of drug-likeness (QED) is 0.747. The number of hydrogen-bond acceptors (Lipinski definition) is 5. The average molecular weight is 315 g/mol. The Kier molecular flexibility index (Phi) is 4.34. The van der Waals surface area contributed by atoms with Crippen molar-refractivity contribution >= 4 is 0 Å². The van der Waals surface area contributed by atoms with Crippen molar-refractivity contribution in [1.29, 1.82) is 0 Å². The summed E-state index contributed by atoms with van der Waals surface area (Å²) < 4.78 is 0. The lowest BCUT2D eigenvalue weighted by atomic mass is 10.0. The number of phenolic OH excluding ortho intramolecular Hbond substituents is 2. The number of aromatic hydroxyl groups is 2. The van der Waals surface area contributed by atoms with E-state index in [0.717, 1.165) is 36.5 Å². The molecule has 0 bridgehead atoms. The highest BCUT2D eigenvalue weighted by molar-refractivity contribution is 5.38. The molecule has 0 saturated carbocycles. The van der Waals surface area contributed by atoms with Crippen molar-refractivity contribution in [3.63, 3.8) is 0 Å². The number of rotatable bonds is 4. The normalized spacial score (nSPS) is 14.7. The van der Waals surface area contributed by atoms with Gasteiger partial charge in [0, 0.05) is 37.2 Å². The Morgan fingerprint density at radius 3 is 2.96 bits per heavy atom. The molecule has 122 valence electrons. The molecule has 23 heavy (non-hydrogen) atoms. The molecule has 0 unspecified atom stereocenters. The molecule has 0 aliphatic carbocycles. The zero-order chi connectivity index (χ0) is 16.4. The molecule has 1 aliphatic rings. The van der Waals surface area contributed by atoms with Crippen LogP contribution in [0.2, 0.25) is 0 Å². The van der Waals surface area contributed by atoms with Crippen LogP contribution in [-0.2, 0) is 25.9 Å². The zero-order valence-corrected chi connectivity index (χ0v) is 13.2. The number of hydrogen-bond donors (Lipinski definition) is 3. The van der Waals surface area contributed by atoms with Gasteiger partial charge >= 0.3 is 0 Å². The van der Waals surface area contributed by atoms with E-state index in [0.29, 0.717) is 25.1 Å². The van der Waals surface area contributed by atoms with E-state index >= 15 is 0 Å². The van der Waals surface area contributed by atoms with Crippen molar-refractivity contribution < 1.29 is 10.2 Å². The molecule has 3 rings (SSSR count). The maximum Gasteiger partial charge on any atom is 0.254 e. The Bertz CT molecular complexity index is 770. The average Bonchev–Trinajstić information content (AvgIpc) is 2.51. The van der Waals surface area contributed by atoms with Gasteiger partial charge in [-0.25, -0.2) is 4.98 Å². The summed E-state index contributed by atoms with van der Waals surface area (Å²) in [5.41, 5.74) is 2.23. The maximum atomic E-state index is 12.1. The minimum absolute atomic E-state index is 0.0293. The molecule has 0 spiro atoms. The van der Waals surface area contributed by atoms with Gasteiger partial charge in [0.15, 0.2) is 0 Å². The fourth-order valence-corrected chi connectivity index (χ4v) is 2.97. The summed E-state index contributed by atoms with van der Waals surface area (Å²) in [6.07, 6.45) is 2.34. The molecule has 0 amide bonds. The smallest absolute Gasteiger partial charge is 0.254 e. The number of benzene rings is 1. The molecule has 6 nitrogen and oxygen atoms in total. The van der Waals surface area contributed by atoms with E-state index in [9.17, 15) is 15.0 Å². The van der Waals surface area contributed by atoms with Gasteiger partial charge in [-0.2, -0.15) is 0 Å². The van der Waals surface area contributed by atoms with Crippen molar-refractivity contribution in [1.82, 2.24) is 14.9 Å². The van der Waals surface area contributed by atoms with Gasteiger partial charge in [0.05, 0.1) is 5.69 Å². The van der Waals surface area contributed by atoms with Crippen LogP contribution in [-0.4, -0.2) is 31.6 Å². The first-order valence-electron chi connectivity index (χ1n) is 7.91. The number of aromatic nitrogens is 2. The van der Waals surface area contributed by atoms with E-state index in [1.165, 1.54) is 12.1 Å². The number of phenols is 2. The van der Waals surface area contributed by atoms with Gasteiger partial charge in [0.2, 0.25) is 0 Å². The van der Waals surface area contributed by atoms with Gasteiger partial charge in [-0.15, -0.1) is 0 Å². The van der Waals surface area contributed by atoms with Crippen molar-refractivity contribution in [2.45, 2.75) is 39.3 Å². The Morgan fingerprint density at radius 1 is 1.35 bits per heavy atom. The zero-order valence-electron chi connectivity index (χ0n) is 13.2. The molecular weight excluding hydrogens is 294 g/mol. The van der Waals surface area contributed by atoms with Crippen molar-refractivity contribution in [3.8, 4) is 11.5 Å². The summed E-state index contributed by atoms with van der Waals surface area (Å²) >= 11 is 0. The summed E-state index contributed by atoms with van der Waals surface area (Å²) in [5.74, 6) is 1.03. The standard InChI is InChI=1S/C17H21N3O3/c1-2-3-16-18-14-10-20(7-6-13(14)17(23)19-16)9-11-8-12(21)4-5-15(11)22/h4-5,8,21-22H,2-3,6-7,9-10H2,1H3,(H,18,19,23). The van der Waals surface area contributed by atoms with Crippen LogP contribution in [0, 0.1) is 0 Å². The Balaban J connectivity index is 1.82. The second-order valence-corrected chi connectivity index (χ2v) is 5.96. The number of aryl methyl sites for hydroxylation is 1. The van der Waals surface area contributed by atoms with E-state index in [-0.39, 0.29) is 17.1 Å². The number of nitrogens with zero attached hydrogens (tertiary/aromatic N) is 2. The maximum absolute atomic E-state index is 12.1. The summed E-state index contributed by atoms with van der Waals surface area (Å²) in [7, 11) is 0. The van der Waals surface area contributed by atoms with Crippen molar-refractivity contribution in [2.75, 3.05) is 6.54 Å². The molecule has 1 aromatic heterocycles. The highest BCUT2D eigenvalue weighted by Crippen LogP contribution is 2.25. The molecular formula is C17H21N3O3.